The van der Waals surface area contributed by atoms with E-state index in [1.807, 2.05) is 43.0 Å². The lowest BCUT2D eigenvalue weighted by Gasteiger charge is -2.38. The summed E-state index contributed by atoms with van der Waals surface area (Å²) in [4.78, 5) is 14.3. The van der Waals surface area contributed by atoms with Crippen LogP contribution in [0, 0.1) is 12.3 Å². The summed E-state index contributed by atoms with van der Waals surface area (Å²) in [6.07, 6.45) is 3.28. The zero-order valence-corrected chi connectivity index (χ0v) is 15.3. The summed E-state index contributed by atoms with van der Waals surface area (Å²) in [6, 6.07) is 7.79. The molecule has 2 aliphatic rings. The Bertz CT molecular complexity index is 564. The molecule has 25 heavy (non-hydrogen) atoms. The maximum atomic E-state index is 12.4. The van der Waals surface area contributed by atoms with E-state index < -0.39 is 0 Å². The van der Waals surface area contributed by atoms with Crippen molar-refractivity contribution in [3.05, 3.63) is 29.8 Å². The van der Waals surface area contributed by atoms with Crippen molar-refractivity contribution in [1.82, 2.24) is 4.90 Å². The van der Waals surface area contributed by atoms with E-state index in [4.69, 9.17) is 14.2 Å². The van der Waals surface area contributed by atoms with Gasteiger partial charge in [0.05, 0.1) is 19.3 Å². The first-order chi connectivity index (χ1) is 12.1. The third-order valence-electron chi connectivity index (χ3n) is 5.35. The Morgan fingerprint density at radius 2 is 2.00 bits per heavy atom. The minimum atomic E-state index is 0.0696. The van der Waals surface area contributed by atoms with Gasteiger partial charge in [-0.25, -0.2) is 0 Å². The van der Waals surface area contributed by atoms with Gasteiger partial charge in [0, 0.05) is 19.7 Å². The highest BCUT2D eigenvalue weighted by Crippen LogP contribution is 2.42. The number of carbonyl (C=O) groups excluding carboxylic acids is 1. The lowest BCUT2D eigenvalue weighted by atomic mass is 9.76. The molecule has 2 saturated heterocycles. The van der Waals surface area contributed by atoms with Crippen molar-refractivity contribution in [1.29, 1.82) is 0 Å². The maximum Gasteiger partial charge on any atom is 0.260 e. The number of piperidine rings is 1. The number of carbonyl (C=O) groups is 1. The van der Waals surface area contributed by atoms with Crippen LogP contribution in [0.2, 0.25) is 0 Å². The maximum absolute atomic E-state index is 12.4. The number of rotatable bonds is 6. The molecule has 1 aromatic carbocycles. The first-order valence-electron chi connectivity index (χ1n) is 9.27. The minimum Gasteiger partial charge on any atom is -0.484 e. The fraction of sp³-hybridized carbons (Fsp3) is 0.650. The van der Waals surface area contributed by atoms with Gasteiger partial charge in [0.1, 0.15) is 5.75 Å². The molecule has 0 N–H and O–H groups in total. The van der Waals surface area contributed by atoms with Crippen LogP contribution in [0.5, 0.6) is 5.75 Å². The standard InChI is InChI=1S/C20H29NO4/c1-3-23-13-18-12-20(15-25-18)8-10-21(11-9-20)19(22)14-24-17-6-4-16(2)5-7-17/h4-7,18H,3,8-15H2,1-2H3/t18-/m0/s1. The molecule has 0 unspecified atom stereocenters. The average molecular weight is 347 g/mol. The molecule has 1 atom stereocenters. The first kappa shape index (κ1) is 18.2. The number of amides is 1. The molecule has 3 rings (SSSR count). The van der Waals surface area contributed by atoms with Crippen molar-refractivity contribution in [2.24, 2.45) is 5.41 Å². The molecule has 2 fully saturated rings. The molecule has 138 valence electrons. The number of aryl methyl sites for hydroxylation is 1. The van der Waals surface area contributed by atoms with Gasteiger partial charge in [-0.3, -0.25) is 4.79 Å². The Kier molecular flexibility index (Phi) is 5.97. The molecular formula is C20H29NO4. The number of hydrogen-bond acceptors (Lipinski definition) is 4. The molecule has 2 heterocycles. The van der Waals surface area contributed by atoms with Gasteiger partial charge in [0.25, 0.3) is 5.91 Å². The van der Waals surface area contributed by atoms with Crippen molar-refractivity contribution >= 4 is 5.91 Å². The van der Waals surface area contributed by atoms with Gasteiger partial charge >= 0.3 is 0 Å². The predicted molar refractivity (Wildman–Crippen MR) is 95.8 cm³/mol. The molecule has 0 radical (unpaired) electrons. The average Bonchev–Trinajstić information content (AvgIpc) is 3.02. The third kappa shape index (κ3) is 4.73. The van der Waals surface area contributed by atoms with Crippen LogP contribution in [0.25, 0.3) is 0 Å². The predicted octanol–water partition coefficient (Wildman–Crippen LogP) is 2.81. The Morgan fingerprint density at radius 3 is 2.68 bits per heavy atom. The van der Waals surface area contributed by atoms with Crippen molar-refractivity contribution in [3.63, 3.8) is 0 Å². The molecular weight excluding hydrogens is 318 g/mol. The molecule has 1 spiro atoms. The van der Waals surface area contributed by atoms with E-state index in [-0.39, 0.29) is 24.0 Å². The van der Waals surface area contributed by atoms with Crippen LogP contribution < -0.4 is 4.74 Å². The van der Waals surface area contributed by atoms with Crippen LogP contribution in [-0.4, -0.2) is 56.4 Å². The largest absolute Gasteiger partial charge is 0.484 e. The SMILES string of the molecule is CCOC[C@@H]1CC2(CCN(C(=O)COc3ccc(C)cc3)CC2)CO1. The number of nitrogens with zero attached hydrogens (tertiary/aromatic N) is 1. The molecule has 1 aromatic rings. The molecule has 0 aliphatic carbocycles. The van der Waals surface area contributed by atoms with E-state index in [0.717, 1.165) is 51.3 Å². The van der Waals surface area contributed by atoms with Gasteiger partial charge < -0.3 is 19.1 Å². The molecule has 5 nitrogen and oxygen atoms in total. The lowest BCUT2D eigenvalue weighted by molar-refractivity contribution is -0.135. The quantitative estimate of drug-likeness (QED) is 0.794. The summed E-state index contributed by atoms with van der Waals surface area (Å²) in [5, 5.41) is 0. The van der Waals surface area contributed by atoms with Gasteiger partial charge in [-0.05, 0) is 50.7 Å². The zero-order valence-electron chi connectivity index (χ0n) is 15.3. The lowest BCUT2D eigenvalue weighted by Crippen LogP contribution is -2.45. The highest BCUT2D eigenvalue weighted by molar-refractivity contribution is 5.77. The zero-order chi connectivity index (χ0) is 17.7. The second-order valence-corrected chi connectivity index (χ2v) is 7.28. The van der Waals surface area contributed by atoms with Gasteiger partial charge in [-0.1, -0.05) is 17.7 Å². The summed E-state index contributed by atoms with van der Waals surface area (Å²) in [7, 11) is 0. The highest BCUT2D eigenvalue weighted by Gasteiger charge is 2.43. The number of ether oxygens (including phenoxy) is 3. The van der Waals surface area contributed by atoms with Gasteiger partial charge in [-0.15, -0.1) is 0 Å². The third-order valence-corrected chi connectivity index (χ3v) is 5.35. The van der Waals surface area contributed by atoms with Crippen LogP contribution in [0.1, 0.15) is 31.7 Å². The molecule has 1 amide bonds. The summed E-state index contributed by atoms with van der Waals surface area (Å²) in [6.45, 7) is 7.95. The fourth-order valence-electron chi connectivity index (χ4n) is 3.70. The minimum absolute atomic E-state index is 0.0696. The van der Waals surface area contributed by atoms with Crippen LogP contribution in [0.15, 0.2) is 24.3 Å². The molecule has 0 saturated carbocycles. The van der Waals surface area contributed by atoms with Crippen molar-refractivity contribution < 1.29 is 19.0 Å². The van der Waals surface area contributed by atoms with Gasteiger partial charge in [0.15, 0.2) is 6.61 Å². The molecule has 2 aliphatic heterocycles. The van der Waals surface area contributed by atoms with E-state index in [9.17, 15) is 4.79 Å². The topological polar surface area (TPSA) is 48.0 Å². The monoisotopic (exact) mass is 347 g/mol. The molecule has 5 heteroatoms. The summed E-state index contributed by atoms with van der Waals surface area (Å²) in [5.41, 5.74) is 1.41. The van der Waals surface area contributed by atoms with Crippen molar-refractivity contribution in [3.8, 4) is 5.75 Å². The van der Waals surface area contributed by atoms with Crippen LogP contribution >= 0.6 is 0 Å². The Labute approximate surface area is 150 Å². The fourth-order valence-corrected chi connectivity index (χ4v) is 3.70. The smallest absolute Gasteiger partial charge is 0.260 e. The molecule has 0 bridgehead atoms. The normalized spacial score (nSPS) is 22.3. The van der Waals surface area contributed by atoms with E-state index in [1.165, 1.54) is 5.56 Å². The second kappa shape index (κ2) is 8.19. The van der Waals surface area contributed by atoms with Crippen molar-refractivity contribution in [2.45, 2.75) is 39.2 Å². The number of benzene rings is 1. The number of hydrogen-bond donors (Lipinski definition) is 0. The van der Waals surface area contributed by atoms with Gasteiger partial charge in [-0.2, -0.15) is 0 Å². The second-order valence-electron chi connectivity index (χ2n) is 7.28. The summed E-state index contributed by atoms with van der Waals surface area (Å²) in [5.74, 6) is 0.815. The van der Waals surface area contributed by atoms with E-state index in [2.05, 4.69) is 0 Å². The summed E-state index contributed by atoms with van der Waals surface area (Å²) >= 11 is 0. The van der Waals surface area contributed by atoms with Crippen LogP contribution in [-0.2, 0) is 14.3 Å². The summed E-state index contributed by atoms with van der Waals surface area (Å²) < 4.78 is 17.0. The Balaban J connectivity index is 1.42. The van der Waals surface area contributed by atoms with Gasteiger partial charge in [0.2, 0.25) is 0 Å². The highest BCUT2D eigenvalue weighted by atomic mass is 16.5. The Hall–Kier alpha value is -1.59. The first-order valence-corrected chi connectivity index (χ1v) is 9.27. The van der Waals surface area contributed by atoms with Crippen molar-refractivity contribution in [2.75, 3.05) is 39.5 Å². The molecule has 0 aromatic heterocycles. The number of likely N-dealkylation sites (tertiary alicyclic amines) is 1. The Morgan fingerprint density at radius 1 is 1.28 bits per heavy atom. The van der Waals surface area contributed by atoms with E-state index in [1.54, 1.807) is 0 Å². The van der Waals surface area contributed by atoms with Crippen LogP contribution in [0.4, 0.5) is 0 Å². The van der Waals surface area contributed by atoms with Crippen LogP contribution in [0.3, 0.4) is 0 Å². The van der Waals surface area contributed by atoms with E-state index >= 15 is 0 Å². The van der Waals surface area contributed by atoms with E-state index in [0.29, 0.717) is 6.61 Å².